The first-order chi connectivity index (χ1) is 9.13. The Hall–Kier alpha value is -0.930. The van der Waals surface area contributed by atoms with E-state index in [4.69, 9.17) is 17.3 Å². The zero-order chi connectivity index (χ0) is 13.8. The molecule has 0 aliphatic carbocycles. The quantitative estimate of drug-likeness (QED) is 0.833. The number of carbonyl (C=O) groups excluding carboxylic acids is 1. The number of benzene rings is 1. The number of nitrogen functional groups attached to an aromatic ring is 1. The summed E-state index contributed by atoms with van der Waals surface area (Å²) in [7, 11) is 0. The second-order valence-corrected chi connectivity index (χ2v) is 5.56. The first-order valence-corrected chi connectivity index (χ1v) is 7.37. The lowest BCUT2D eigenvalue weighted by atomic mass is 10.1. The molecule has 1 saturated heterocycles. The van der Waals surface area contributed by atoms with Gasteiger partial charge in [0.1, 0.15) is 0 Å². The van der Waals surface area contributed by atoms with Gasteiger partial charge in [-0.15, -0.1) is 12.4 Å². The fraction of sp³-hybridized carbons (Fsp3) is 0.533. The van der Waals surface area contributed by atoms with Crippen molar-refractivity contribution in [1.82, 2.24) is 4.90 Å². The zero-order valence-electron chi connectivity index (χ0n) is 11.8. The Labute approximate surface area is 131 Å². The van der Waals surface area contributed by atoms with E-state index in [-0.39, 0.29) is 18.3 Å². The molecule has 2 N–H and O–H groups in total. The number of hydrogen-bond acceptors (Lipinski definition) is 2. The normalized spacial score (nSPS) is 19.1. The van der Waals surface area contributed by atoms with Gasteiger partial charge >= 0.3 is 0 Å². The van der Waals surface area contributed by atoms with Crippen LogP contribution in [-0.4, -0.2) is 23.4 Å². The van der Waals surface area contributed by atoms with E-state index >= 15 is 0 Å². The Balaban J connectivity index is 0.00000200. The van der Waals surface area contributed by atoms with E-state index < -0.39 is 0 Å². The molecule has 3 nitrogen and oxygen atoms in total. The molecule has 1 aromatic carbocycles. The first kappa shape index (κ1) is 17.1. The highest BCUT2D eigenvalue weighted by Crippen LogP contribution is 2.25. The minimum Gasteiger partial charge on any atom is -0.399 e. The summed E-state index contributed by atoms with van der Waals surface area (Å²) >= 11 is 6.15. The van der Waals surface area contributed by atoms with Crippen LogP contribution in [0.25, 0.3) is 0 Å². The second kappa shape index (κ2) is 7.75. The Bertz CT molecular complexity index is 465. The van der Waals surface area contributed by atoms with Gasteiger partial charge in [-0.1, -0.05) is 31.4 Å². The van der Waals surface area contributed by atoms with Crippen molar-refractivity contribution in [3.05, 3.63) is 28.8 Å². The maximum atomic E-state index is 12.7. The molecule has 2 rings (SSSR count). The fourth-order valence-electron chi connectivity index (χ4n) is 2.73. The van der Waals surface area contributed by atoms with E-state index in [0.717, 1.165) is 25.8 Å². The number of halogens is 2. The highest BCUT2D eigenvalue weighted by atomic mass is 35.5. The van der Waals surface area contributed by atoms with Crippen molar-refractivity contribution in [2.45, 2.75) is 45.1 Å². The summed E-state index contributed by atoms with van der Waals surface area (Å²) in [6.07, 6.45) is 5.58. The molecule has 1 amide bonds. The molecule has 0 aromatic heterocycles. The molecule has 1 atom stereocenters. The van der Waals surface area contributed by atoms with Crippen molar-refractivity contribution in [2.24, 2.45) is 0 Å². The summed E-state index contributed by atoms with van der Waals surface area (Å²) in [5, 5.41) is 0.448. The van der Waals surface area contributed by atoms with Gasteiger partial charge in [-0.2, -0.15) is 0 Å². The molecular weight excluding hydrogens is 295 g/mol. The molecule has 0 bridgehead atoms. The molecule has 1 fully saturated rings. The minimum absolute atomic E-state index is 0. The second-order valence-electron chi connectivity index (χ2n) is 5.15. The smallest absolute Gasteiger partial charge is 0.255 e. The summed E-state index contributed by atoms with van der Waals surface area (Å²) in [5.41, 5.74) is 6.83. The number of rotatable bonds is 2. The van der Waals surface area contributed by atoms with Crippen molar-refractivity contribution in [3.63, 3.8) is 0 Å². The molecule has 1 aliphatic rings. The van der Waals surface area contributed by atoms with Crippen LogP contribution >= 0.6 is 24.0 Å². The Morgan fingerprint density at radius 3 is 2.80 bits per heavy atom. The van der Waals surface area contributed by atoms with Crippen molar-refractivity contribution < 1.29 is 4.79 Å². The zero-order valence-corrected chi connectivity index (χ0v) is 13.3. The number of hydrogen-bond donors (Lipinski definition) is 1. The highest BCUT2D eigenvalue weighted by Gasteiger charge is 2.26. The average Bonchev–Trinajstić information content (AvgIpc) is 2.63. The molecule has 112 valence electrons. The van der Waals surface area contributed by atoms with Crippen LogP contribution in [-0.2, 0) is 0 Å². The molecule has 1 heterocycles. The van der Waals surface area contributed by atoms with Gasteiger partial charge in [0, 0.05) is 18.3 Å². The number of nitrogens with zero attached hydrogens (tertiary/aromatic N) is 1. The molecule has 1 aromatic rings. The summed E-state index contributed by atoms with van der Waals surface area (Å²) in [6.45, 7) is 2.97. The van der Waals surface area contributed by atoms with Crippen LogP contribution in [0.15, 0.2) is 18.2 Å². The maximum absolute atomic E-state index is 12.7. The van der Waals surface area contributed by atoms with Crippen molar-refractivity contribution >= 4 is 35.6 Å². The lowest BCUT2D eigenvalue weighted by Gasteiger charge is -2.29. The topological polar surface area (TPSA) is 46.3 Å². The van der Waals surface area contributed by atoms with Gasteiger partial charge in [0.2, 0.25) is 0 Å². The fourth-order valence-corrected chi connectivity index (χ4v) is 3.00. The third kappa shape index (κ3) is 3.80. The van der Waals surface area contributed by atoms with Gasteiger partial charge in [-0.05, 0) is 37.5 Å². The molecule has 1 aliphatic heterocycles. The Morgan fingerprint density at radius 2 is 2.15 bits per heavy atom. The van der Waals surface area contributed by atoms with E-state index in [9.17, 15) is 4.79 Å². The largest absolute Gasteiger partial charge is 0.399 e. The number of anilines is 1. The Kier molecular flexibility index (Phi) is 6.63. The van der Waals surface area contributed by atoms with Gasteiger partial charge in [0.15, 0.2) is 0 Å². The number of likely N-dealkylation sites (tertiary alicyclic amines) is 1. The summed E-state index contributed by atoms with van der Waals surface area (Å²) < 4.78 is 0. The van der Waals surface area contributed by atoms with E-state index in [1.165, 1.54) is 12.8 Å². The van der Waals surface area contributed by atoms with E-state index in [2.05, 4.69) is 6.92 Å². The molecule has 0 radical (unpaired) electrons. The van der Waals surface area contributed by atoms with Gasteiger partial charge in [-0.25, -0.2) is 0 Å². The number of amides is 1. The van der Waals surface area contributed by atoms with Crippen LogP contribution in [0.3, 0.4) is 0 Å². The molecular formula is C15H22Cl2N2O. The number of carbonyl (C=O) groups is 1. The molecule has 0 saturated carbocycles. The lowest BCUT2D eigenvalue weighted by molar-refractivity contribution is 0.0678. The highest BCUT2D eigenvalue weighted by molar-refractivity contribution is 6.34. The van der Waals surface area contributed by atoms with Crippen LogP contribution in [0.2, 0.25) is 5.02 Å². The first-order valence-electron chi connectivity index (χ1n) is 6.99. The SMILES string of the molecule is CCC1CCCCCN1C(=O)c1ccc(N)cc1Cl.Cl. The van der Waals surface area contributed by atoms with E-state index in [1.807, 2.05) is 4.90 Å². The monoisotopic (exact) mass is 316 g/mol. The van der Waals surface area contributed by atoms with Gasteiger partial charge in [0.25, 0.3) is 5.91 Å². The average molecular weight is 317 g/mol. The standard InChI is InChI=1S/C15H21ClN2O.ClH/c1-2-12-6-4-3-5-9-18(12)15(19)13-8-7-11(17)10-14(13)16;/h7-8,10,12H,2-6,9,17H2,1H3;1H. The van der Waals surface area contributed by atoms with E-state index in [1.54, 1.807) is 18.2 Å². The summed E-state index contributed by atoms with van der Waals surface area (Å²) in [4.78, 5) is 14.6. The van der Waals surface area contributed by atoms with Crippen molar-refractivity contribution in [1.29, 1.82) is 0 Å². The molecule has 20 heavy (non-hydrogen) atoms. The lowest BCUT2D eigenvalue weighted by Crippen LogP contribution is -2.39. The minimum atomic E-state index is 0. The van der Waals surface area contributed by atoms with Crippen molar-refractivity contribution in [2.75, 3.05) is 12.3 Å². The van der Waals surface area contributed by atoms with Gasteiger partial charge < -0.3 is 10.6 Å². The van der Waals surface area contributed by atoms with Gasteiger partial charge in [0.05, 0.1) is 10.6 Å². The summed E-state index contributed by atoms with van der Waals surface area (Å²) in [5.74, 6) is 0.0405. The Morgan fingerprint density at radius 1 is 1.40 bits per heavy atom. The van der Waals surface area contributed by atoms with Crippen LogP contribution in [0.5, 0.6) is 0 Å². The maximum Gasteiger partial charge on any atom is 0.255 e. The summed E-state index contributed by atoms with van der Waals surface area (Å²) in [6, 6.07) is 5.45. The predicted molar refractivity (Wildman–Crippen MR) is 86.7 cm³/mol. The number of nitrogens with two attached hydrogens (primary N) is 1. The van der Waals surface area contributed by atoms with E-state index in [0.29, 0.717) is 22.3 Å². The predicted octanol–water partition coefficient (Wildman–Crippen LogP) is 4.14. The van der Waals surface area contributed by atoms with Crippen LogP contribution < -0.4 is 5.73 Å². The molecule has 1 unspecified atom stereocenters. The van der Waals surface area contributed by atoms with Crippen molar-refractivity contribution in [3.8, 4) is 0 Å². The van der Waals surface area contributed by atoms with Crippen LogP contribution in [0.4, 0.5) is 5.69 Å². The van der Waals surface area contributed by atoms with Crippen LogP contribution in [0, 0.1) is 0 Å². The third-order valence-electron chi connectivity index (χ3n) is 3.83. The van der Waals surface area contributed by atoms with Gasteiger partial charge in [-0.3, -0.25) is 4.79 Å². The van der Waals surface area contributed by atoms with Crippen LogP contribution in [0.1, 0.15) is 49.4 Å². The molecule has 0 spiro atoms. The third-order valence-corrected chi connectivity index (χ3v) is 4.15. The molecule has 5 heteroatoms.